The summed E-state index contributed by atoms with van der Waals surface area (Å²) in [5.74, 6) is 1.01. The van der Waals surface area contributed by atoms with Crippen LogP contribution in [0.1, 0.15) is 36.9 Å². The van der Waals surface area contributed by atoms with Crippen molar-refractivity contribution < 1.29 is 14.2 Å². The molecule has 2 heterocycles. The Morgan fingerprint density at radius 3 is 3.05 bits per heavy atom. The van der Waals surface area contributed by atoms with E-state index in [0.29, 0.717) is 19.4 Å². The number of aliphatic hydroxyl groups is 1. The minimum absolute atomic E-state index is 0.0792. The SMILES string of the molecule is CCOc1ccc2c(c1)CCN1C[C@H](CCF)[C@@H](O)C[C@@H]21. The van der Waals surface area contributed by atoms with Gasteiger partial charge in [-0.2, -0.15) is 0 Å². The highest BCUT2D eigenvalue weighted by atomic mass is 19.1. The number of halogens is 1. The zero-order chi connectivity index (χ0) is 14.8. The maximum absolute atomic E-state index is 12.6. The van der Waals surface area contributed by atoms with E-state index < -0.39 is 0 Å². The summed E-state index contributed by atoms with van der Waals surface area (Å²) >= 11 is 0. The van der Waals surface area contributed by atoms with Gasteiger partial charge in [-0.15, -0.1) is 0 Å². The van der Waals surface area contributed by atoms with Crippen LogP contribution in [0.4, 0.5) is 4.39 Å². The van der Waals surface area contributed by atoms with Gasteiger partial charge in [0.2, 0.25) is 0 Å². The molecular formula is C17H24FNO2. The lowest BCUT2D eigenvalue weighted by Gasteiger charge is -2.45. The van der Waals surface area contributed by atoms with Crippen molar-refractivity contribution in [2.75, 3.05) is 26.4 Å². The van der Waals surface area contributed by atoms with Crippen LogP contribution in [0.2, 0.25) is 0 Å². The standard InChI is InChI=1S/C17H24FNO2/c1-2-21-14-3-4-15-12(9-14)6-8-19-11-13(5-7-18)17(20)10-16(15)19/h3-4,9,13,16-17,20H,2,5-8,10-11H2,1H3/t13-,16-,17-/m0/s1. The van der Waals surface area contributed by atoms with Crippen molar-refractivity contribution in [3.05, 3.63) is 29.3 Å². The fraction of sp³-hybridized carbons (Fsp3) is 0.647. The quantitative estimate of drug-likeness (QED) is 0.926. The van der Waals surface area contributed by atoms with E-state index in [2.05, 4.69) is 17.0 Å². The van der Waals surface area contributed by atoms with Crippen molar-refractivity contribution in [1.82, 2.24) is 4.90 Å². The first-order chi connectivity index (χ1) is 10.2. The molecule has 0 spiro atoms. The molecule has 1 aromatic rings. The van der Waals surface area contributed by atoms with Crippen LogP contribution in [0.3, 0.4) is 0 Å². The molecule has 1 fully saturated rings. The first-order valence-electron chi connectivity index (χ1n) is 7.96. The molecular weight excluding hydrogens is 269 g/mol. The molecule has 1 aromatic carbocycles. The van der Waals surface area contributed by atoms with Gasteiger partial charge in [-0.1, -0.05) is 6.07 Å². The number of nitrogens with zero attached hydrogens (tertiary/aromatic N) is 1. The molecule has 2 aliphatic rings. The maximum atomic E-state index is 12.6. The summed E-state index contributed by atoms with van der Waals surface area (Å²) in [6.45, 7) is 4.13. The molecule has 1 N–H and O–H groups in total. The summed E-state index contributed by atoms with van der Waals surface area (Å²) in [5, 5.41) is 10.3. The molecule has 0 radical (unpaired) electrons. The van der Waals surface area contributed by atoms with Gasteiger partial charge < -0.3 is 9.84 Å². The average molecular weight is 293 g/mol. The van der Waals surface area contributed by atoms with E-state index in [1.807, 2.05) is 13.0 Å². The van der Waals surface area contributed by atoms with Crippen molar-refractivity contribution in [2.45, 2.75) is 38.3 Å². The summed E-state index contributed by atoms with van der Waals surface area (Å²) in [5.41, 5.74) is 2.64. The Morgan fingerprint density at radius 2 is 2.29 bits per heavy atom. The molecule has 3 atom stereocenters. The molecule has 0 saturated carbocycles. The van der Waals surface area contributed by atoms with Gasteiger partial charge in [0.15, 0.2) is 0 Å². The van der Waals surface area contributed by atoms with Gasteiger partial charge >= 0.3 is 0 Å². The van der Waals surface area contributed by atoms with Crippen molar-refractivity contribution in [3.63, 3.8) is 0 Å². The number of piperidine rings is 1. The molecule has 4 heteroatoms. The summed E-state index contributed by atoms with van der Waals surface area (Å²) in [7, 11) is 0. The first-order valence-corrected chi connectivity index (χ1v) is 7.96. The highest BCUT2D eigenvalue weighted by Crippen LogP contribution is 2.40. The minimum Gasteiger partial charge on any atom is -0.494 e. The van der Waals surface area contributed by atoms with Crippen LogP contribution in [-0.4, -0.2) is 42.5 Å². The van der Waals surface area contributed by atoms with E-state index in [0.717, 1.165) is 25.3 Å². The predicted molar refractivity (Wildman–Crippen MR) is 80.3 cm³/mol. The number of benzene rings is 1. The number of ether oxygens (including phenoxy) is 1. The van der Waals surface area contributed by atoms with Gasteiger partial charge in [0, 0.05) is 25.0 Å². The molecule has 3 rings (SSSR count). The van der Waals surface area contributed by atoms with E-state index in [1.165, 1.54) is 11.1 Å². The van der Waals surface area contributed by atoms with Crippen LogP contribution < -0.4 is 4.74 Å². The summed E-state index contributed by atoms with van der Waals surface area (Å²) in [6, 6.07) is 6.57. The third-order valence-corrected chi connectivity index (χ3v) is 4.85. The topological polar surface area (TPSA) is 32.7 Å². The highest BCUT2D eigenvalue weighted by Gasteiger charge is 2.37. The number of hydrogen-bond donors (Lipinski definition) is 1. The van der Waals surface area contributed by atoms with Crippen molar-refractivity contribution in [3.8, 4) is 5.75 Å². The second-order valence-corrected chi connectivity index (χ2v) is 6.10. The lowest BCUT2D eigenvalue weighted by atomic mass is 9.81. The van der Waals surface area contributed by atoms with Crippen LogP contribution in [0.5, 0.6) is 5.75 Å². The average Bonchev–Trinajstić information content (AvgIpc) is 2.48. The number of alkyl halides is 1. The van der Waals surface area contributed by atoms with Gasteiger partial charge in [0.05, 0.1) is 19.4 Å². The van der Waals surface area contributed by atoms with Crippen LogP contribution in [0, 0.1) is 5.92 Å². The van der Waals surface area contributed by atoms with Crippen LogP contribution in [0.25, 0.3) is 0 Å². The van der Waals surface area contributed by atoms with Crippen LogP contribution >= 0.6 is 0 Å². The minimum atomic E-state index is -0.389. The lowest BCUT2D eigenvalue weighted by Crippen LogP contribution is -2.48. The Balaban J connectivity index is 1.80. The summed E-state index contributed by atoms with van der Waals surface area (Å²) < 4.78 is 18.2. The monoisotopic (exact) mass is 293 g/mol. The molecule has 2 aliphatic heterocycles. The largest absolute Gasteiger partial charge is 0.494 e. The highest BCUT2D eigenvalue weighted by molar-refractivity contribution is 5.39. The molecule has 0 aromatic heterocycles. The van der Waals surface area contributed by atoms with E-state index in [-0.39, 0.29) is 24.7 Å². The van der Waals surface area contributed by atoms with E-state index in [1.54, 1.807) is 0 Å². The van der Waals surface area contributed by atoms with Crippen molar-refractivity contribution >= 4 is 0 Å². The van der Waals surface area contributed by atoms with Gasteiger partial charge in [0.1, 0.15) is 5.75 Å². The Labute approximate surface area is 125 Å². The van der Waals surface area contributed by atoms with Gasteiger partial charge in [-0.3, -0.25) is 9.29 Å². The Kier molecular flexibility index (Phi) is 4.45. The zero-order valence-corrected chi connectivity index (χ0v) is 12.6. The molecule has 21 heavy (non-hydrogen) atoms. The van der Waals surface area contributed by atoms with Gasteiger partial charge in [-0.25, -0.2) is 0 Å². The summed E-state index contributed by atoms with van der Waals surface area (Å²) in [6.07, 6.45) is 1.80. The van der Waals surface area contributed by atoms with Crippen LogP contribution in [0.15, 0.2) is 18.2 Å². The Morgan fingerprint density at radius 1 is 1.43 bits per heavy atom. The number of rotatable bonds is 4. The van der Waals surface area contributed by atoms with Gasteiger partial charge in [-0.05, 0) is 49.4 Å². The molecule has 0 aliphatic carbocycles. The second kappa shape index (κ2) is 6.32. The molecule has 0 amide bonds. The fourth-order valence-corrected chi connectivity index (χ4v) is 3.76. The maximum Gasteiger partial charge on any atom is 0.119 e. The van der Waals surface area contributed by atoms with E-state index >= 15 is 0 Å². The zero-order valence-electron chi connectivity index (χ0n) is 12.6. The third-order valence-electron chi connectivity index (χ3n) is 4.85. The Bertz CT molecular complexity index is 494. The second-order valence-electron chi connectivity index (χ2n) is 6.10. The van der Waals surface area contributed by atoms with Crippen LogP contribution in [-0.2, 0) is 6.42 Å². The molecule has 3 nitrogen and oxygen atoms in total. The number of fused-ring (bicyclic) bond motifs is 3. The normalized spacial score (nSPS) is 28.8. The van der Waals surface area contributed by atoms with Gasteiger partial charge in [0.25, 0.3) is 0 Å². The smallest absolute Gasteiger partial charge is 0.119 e. The Hall–Kier alpha value is -1.13. The van der Waals surface area contributed by atoms with E-state index in [9.17, 15) is 9.50 Å². The fourth-order valence-electron chi connectivity index (χ4n) is 3.76. The predicted octanol–water partition coefficient (Wildman–Crippen LogP) is 2.72. The molecule has 0 bridgehead atoms. The molecule has 116 valence electrons. The molecule has 1 saturated heterocycles. The van der Waals surface area contributed by atoms with Crippen molar-refractivity contribution in [2.24, 2.45) is 5.92 Å². The van der Waals surface area contributed by atoms with E-state index in [4.69, 9.17) is 4.74 Å². The lowest BCUT2D eigenvalue weighted by molar-refractivity contribution is -0.0169. The number of hydrogen-bond acceptors (Lipinski definition) is 3. The van der Waals surface area contributed by atoms with Crippen molar-refractivity contribution in [1.29, 1.82) is 0 Å². The third kappa shape index (κ3) is 2.92. The number of aliphatic hydroxyl groups excluding tert-OH is 1. The first kappa shape index (κ1) is 14.8. The molecule has 0 unspecified atom stereocenters. The summed E-state index contributed by atoms with van der Waals surface area (Å²) in [4.78, 5) is 2.41.